The van der Waals surface area contributed by atoms with Crippen LogP contribution in [-0.4, -0.2) is 34.2 Å². The lowest BCUT2D eigenvalue weighted by Crippen LogP contribution is -2.45. The van der Waals surface area contributed by atoms with Crippen molar-refractivity contribution in [3.8, 4) is 5.69 Å². The molecule has 1 aliphatic rings. The van der Waals surface area contributed by atoms with Crippen LogP contribution in [0.5, 0.6) is 0 Å². The van der Waals surface area contributed by atoms with Crippen molar-refractivity contribution in [2.45, 2.75) is 45.6 Å². The van der Waals surface area contributed by atoms with Crippen LogP contribution >= 0.6 is 0 Å². The van der Waals surface area contributed by atoms with E-state index in [1.54, 1.807) is 0 Å². The molecule has 0 spiro atoms. The van der Waals surface area contributed by atoms with Gasteiger partial charge in [-0.15, -0.1) is 0 Å². The standard InChI is InChI=1S/C19H24N4O2/c1-13-11-14(2)23(22-13)16-8-6-15(7-9-16)12-18(24)21-17-5-3-4-10-20-19(17)25/h6-9,11,17H,3-5,10,12H2,1-2H3,(H,20,25)(H,21,24)/t17-/m0/s1. The number of carbonyl (C=O) groups excluding carboxylic acids is 2. The summed E-state index contributed by atoms with van der Waals surface area (Å²) in [5.74, 6) is -0.202. The van der Waals surface area contributed by atoms with Gasteiger partial charge in [-0.1, -0.05) is 12.1 Å². The van der Waals surface area contributed by atoms with Crippen LogP contribution in [0, 0.1) is 13.8 Å². The zero-order chi connectivity index (χ0) is 17.8. The summed E-state index contributed by atoms with van der Waals surface area (Å²) in [5, 5.41) is 10.1. The first-order chi connectivity index (χ1) is 12.0. The molecule has 2 amide bonds. The Morgan fingerprint density at radius 3 is 2.72 bits per heavy atom. The first kappa shape index (κ1) is 17.2. The van der Waals surface area contributed by atoms with Crippen LogP contribution in [0.2, 0.25) is 0 Å². The van der Waals surface area contributed by atoms with E-state index in [0.717, 1.165) is 35.5 Å². The fourth-order valence-electron chi connectivity index (χ4n) is 3.15. The molecule has 1 atom stereocenters. The summed E-state index contributed by atoms with van der Waals surface area (Å²) in [7, 11) is 0. The van der Waals surface area contributed by atoms with Crippen molar-refractivity contribution in [1.29, 1.82) is 0 Å². The van der Waals surface area contributed by atoms with E-state index in [9.17, 15) is 9.59 Å². The van der Waals surface area contributed by atoms with Crippen molar-refractivity contribution >= 4 is 11.8 Å². The molecule has 2 aromatic rings. The van der Waals surface area contributed by atoms with Gasteiger partial charge in [-0.3, -0.25) is 9.59 Å². The minimum atomic E-state index is -0.413. The number of aryl methyl sites for hydroxylation is 2. The lowest BCUT2D eigenvalue weighted by Gasteiger charge is -2.15. The highest BCUT2D eigenvalue weighted by Gasteiger charge is 2.22. The monoisotopic (exact) mass is 340 g/mol. The van der Waals surface area contributed by atoms with Crippen molar-refractivity contribution in [3.63, 3.8) is 0 Å². The van der Waals surface area contributed by atoms with Crippen molar-refractivity contribution in [2.75, 3.05) is 6.54 Å². The maximum atomic E-state index is 12.2. The number of nitrogens with zero attached hydrogens (tertiary/aromatic N) is 2. The number of carbonyl (C=O) groups is 2. The SMILES string of the molecule is Cc1cc(C)n(-c2ccc(CC(=O)N[C@H]3CCCCNC3=O)cc2)n1. The van der Waals surface area contributed by atoms with E-state index in [1.165, 1.54) is 0 Å². The molecule has 1 aliphatic heterocycles. The number of hydrogen-bond donors (Lipinski definition) is 2. The van der Waals surface area contributed by atoms with Crippen LogP contribution in [0.15, 0.2) is 30.3 Å². The number of rotatable bonds is 4. The minimum absolute atomic E-state index is 0.0780. The molecule has 1 aromatic carbocycles. The average molecular weight is 340 g/mol. The first-order valence-electron chi connectivity index (χ1n) is 8.72. The molecule has 25 heavy (non-hydrogen) atoms. The van der Waals surface area contributed by atoms with E-state index in [4.69, 9.17) is 0 Å². The Morgan fingerprint density at radius 1 is 1.28 bits per heavy atom. The van der Waals surface area contributed by atoms with Crippen LogP contribution < -0.4 is 10.6 Å². The Bertz CT molecular complexity index is 764. The number of aromatic nitrogens is 2. The Balaban J connectivity index is 1.62. The fraction of sp³-hybridized carbons (Fsp3) is 0.421. The molecule has 1 fully saturated rings. The largest absolute Gasteiger partial charge is 0.354 e. The summed E-state index contributed by atoms with van der Waals surface area (Å²) in [6.45, 7) is 4.67. The third-order valence-corrected chi connectivity index (χ3v) is 4.43. The molecule has 0 aliphatic carbocycles. The van der Waals surface area contributed by atoms with Gasteiger partial charge in [0.2, 0.25) is 11.8 Å². The number of nitrogens with one attached hydrogen (secondary N) is 2. The molecule has 1 saturated heterocycles. The Labute approximate surface area is 147 Å². The maximum absolute atomic E-state index is 12.2. The number of hydrogen-bond acceptors (Lipinski definition) is 3. The van der Waals surface area contributed by atoms with E-state index in [1.807, 2.05) is 48.9 Å². The van der Waals surface area contributed by atoms with E-state index < -0.39 is 6.04 Å². The van der Waals surface area contributed by atoms with Crippen LogP contribution in [0.25, 0.3) is 5.69 Å². The minimum Gasteiger partial charge on any atom is -0.354 e. The van der Waals surface area contributed by atoms with Crippen molar-refractivity contribution < 1.29 is 9.59 Å². The molecule has 2 N–H and O–H groups in total. The molecule has 6 heteroatoms. The van der Waals surface area contributed by atoms with Crippen LogP contribution in [-0.2, 0) is 16.0 Å². The topological polar surface area (TPSA) is 76.0 Å². The highest BCUT2D eigenvalue weighted by Crippen LogP contribution is 2.13. The lowest BCUT2D eigenvalue weighted by molar-refractivity contribution is -0.128. The van der Waals surface area contributed by atoms with E-state index in [-0.39, 0.29) is 18.2 Å². The zero-order valence-electron chi connectivity index (χ0n) is 14.7. The smallest absolute Gasteiger partial charge is 0.242 e. The second kappa shape index (κ2) is 7.51. The molecule has 0 radical (unpaired) electrons. The molecule has 6 nitrogen and oxygen atoms in total. The van der Waals surface area contributed by atoms with Crippen LogP contribution in [0.4, 0.5) is 0 Å². The molecule has 0 bridgehead atoms. The normalized spacial score (nSPS) is 17.7. The van der Waals surface area contributed by atoms with Gasteiger partial charge in [0.25, 0.3) is 0 Å². The highest BCUT2D eigenvalue weighted by atomic mass is 16.2. The first-order valence-corrected chi connectivity index (χ1v) is 8.72. The maximum Gasteiger partial charge on any atom is 0.242 e. The average Bonchev–Trinajstić information content (AvgIpc) is 2.78. The van der Waals surface area contributed by atoms with E-state index in [2.05, 4.69) is 15.7 Å². The summed E-state index contributed by atoms with van der Waals surface area (Å²) in [5.41, 5.74) is 3.93. The Hall–Kier alpha value is -2.63. The second-order valence-corrected chi connectivity index (χ2v) is 6.59. The number of benzene rings is 1. The molecule has 2 heterocycles. The molecule has 3 rings (SSSR count). The van der Waals surface area contributed by atoms with Gasteiger partial charge >= 0.3 is 0 Å². The second-order valence-electron chi connectivity index (χ2n) is 6.59. The van der Waals surface area contributed by atoms with E-state index >= 15 is 0 Å². The molecule has 0 unspecified atom stereocenters. The predicted octanol–water partition coefficient (Wildman–Crippen LogP) is 1.82. The van der Waals surface area contributed by atoms with Crippen molar-refractivity contribution in [1.82, 2.24) is 20.4 Å². The summed E-state index contributed by atoms with van der Waals surface area (Å²) in [4.78, 5) is 24.1. The highest BCUT2D eigenvalue weighted by molar-refractivity contribution is 5.88. The molecular weight excluding hydrogens is 316 g/mol. The summed E-state index contributed by atoms with van der Waals surface area (Å²) >= 11 is 0. The Kier molecular flexibility index (Phi) is 5.16. The van der Waals surface area contributed by atoms with Gasteiger partial charge in [0.15, 0.2) is 0 Å². The van der Waals surface area contributed by atoms with Gasteiger partial charge in [-0.2, -0.15) is 5.10 Å². The van der Waals surface area contributed by atoms with Gasteiger partial charge in [0, 0.05) is 12.2 Å². The van der Waals surface area contributed by atoms with Gasteiger partial charge in [0.05, 0.1) is 17.8 Å². The molecule has 1 aromatic heterocycles. The van der Waals surface area contributed by atoms with Crippen LogP contribution in [0.3, 0.4) is 0 Å². The quantitative estimate of drug-likeness (QED) is 0.891. The van der Waals surface area contributed by atoms with Crippen molar-refractivity contribution in [3.05, 3.63) is 47.3 Å². The third kappa shape index (κ3) is 4.26. The molecule has 0 saturated carbocycles. The summed E-state index contributed by atoms with van der Waals surface area (Å²) in [6.07, 6.45) is 2.88. The summed E-state index contributed by atoms with van der Waals surface area (Å²) < 4.78 is 1.88. The summed E-state index contributed by atoms with van der Waals surface area (Å²) in [6, 6.07) is 9.39. The Morgan fingerprint density at radius 2 is 2.04 bits per heavy atom. The molecular formula is C19H24N4O2. The fourth-order valence-corrected chi connectivity index (χ4v) is 3.15. The molecule has 132 valence electrons. The van der Waals surface area contributed by atoms with Crippen LogP contribution in [0.1, 0.15) is 36.2 Å². The predicted molar refractivity (Wildman–Crippen MR) is 95.5 cm³/mol. The lowest BCUT2D eigenvalue weighted by atomic mass is 10.1. The number of amides is 2. The third-order valence-electron chi connectivity index (χ3n) is 4.43. The van der Waals surface area contributed by atoms with Gasteiger partial charge in [0.1, 0.15) is 6.04 Å². The van der Waals surface area contributed by atoms with Crippen molar-refractivity contribution in [2.24, 2.45) is 0 Å². The van der Waals surface area contributed by atoms with Gasteiger partial charge in [-0.25, -0.2) is 4.68 Å². The van der Waals surface area contributed by atoms with Gasteiger partial charge in [-0.05, 0) is 56.9 Å². The van der Waals surface area contributed by atoms with E-state index in [0.29, 0.717) is 13.0 Å². The van der Waals surface area contributed by atoms with Gasteiger partial charge < -0.3 is 10.6 Å². The zero-order valence-corrected chi connectivity index (χ0v) is 14.7.